The first-order valence-corrected chi connectivity index (χ1v) is 10.8. The van der Waals surface area contributed by atoms with Crippen molar-refractivity contribution in [1.29, 1.82) is 0 Å². The maximum atomic E-state index is 12.9. The van der Waals surface area contributed by atoms with Gasteiger partial charge in [0, 0.05) is 29.4 Å². The highest BCUT2D eigenvalue weighted by atomic mass is 35.5. The minimum absolute atomic E-state index is 0.0296. The minimum atomic E-state index is -0.619. The molecule has 160 valence electrons. The van der Waals surface area contributed by atoms with Crippen LogP contribution in [0.1, 0.15) is 30.1 Å². The summed E-state index contributed by atoms with van der Waals surface area (Å²) in [4.78, 5) is 41.2. The molecule has 1 fully saturated rings. The first-order valence-electron chi connectivity index (χ1n) is 10.1. The fourth-order valence-corrected chi connectivity index (χ4v) is 4.04. The highest BCUT2D eigenvalue weighted by Crippen LogP contribution is 2.31. The highest BCUT2D eigenvalue weighted by molar-refractivity contribution is 6.53. The van der Waals surface area contributed by atoms with Crippen LogP contribution in [0.2, 0.25) is 5.02 Å². The molecule has 6 nitrogen and oxygen atoms in total. The van der Waals surface area contributed by atoms with Crippen LogP contribution in [0, 0.1) is 5.92 Å². The van der Waals surface area contributed by atoms with Crippen LogP contribution in [0.25, 0.3) is 0 Å². The van der Waals surface area contributed by atoms with E-state index in [1.165, 1.54) is 0 Å². The van der Waals surface area contributed by atoms with E-state index < -0.39 is 11.8 Å². The smallest absolute Gasteiger partial charge is 0.283 e. The lowest BCUT2D eigenvalue weighted by atomic mass is 9.98. The molecule has 4 rings (SSSR count). The molecule has 0 saturated carbocycles. The average Bonchev–Trinajstić information content (AvgIpc) is 2.98. The molecule has 1 saturated heterocycles. The number of hydrogen-bond donors (Lipinski definition) is 1. The summed E-state index contributed by atoms with van der Waals surface area (Å²) < 4.78 is 0. The Balaban J connectivity index is 1.53. The van der Waals surface area contributed by atoms with E-state index in [0.717, 1.165) is 30.8 Å². The monoisotopic (exact) mass is 457 g/mol. The number of imide groups is 1. The number of carbonyl (C=O) groups excluding carboxylic acids is 3. The number of anilines is 2. The average molecular weight is 458 g/mol. The Morgan fingerprint density at radius 2 is 1.68 bits per heavy atom. The van der Waals surface area contributed by atoms with E-state index in [2.05, 4.69) is 12.2 Å². The van der Waals surface area contributed by atoms with E-state index in [1.807, 2.05) is 4.90 Å². The molecule has 0 spiro atoms. The Kier molecular flexibility index (Phi) is 6.03. The number of benzene rings is 2. The van der Waals surface area contributed by atoms with Gasteiger partial charge in [0.05, 0.1) is 5.69 Å². The lowest BCUT2D eigenvalue weighted by molar-refractivity contribution is -0.120. The molecule has 0 atom stereocenters. The topological polar surface area (TPSA) is 69.7 Å². The summed E-state index contributed by atoms with van der Waals surface area (Å²) in [7, 11) is 0. The molecule has 0 bridgehead atoms. The van der Waals surface area contributed by atoms with Gasteiger partial charge in [-0.1, -0.05) is 36.2 Å². The van der Waals surface area contributed by atoms with Gasteiger partial charge < -0.3 is 10.2 Å². The maximum Gasteiger partial charge on any atom is 0.283 e. The van der Waals surface area contributed by atoms with Crippen LogP contribution in [0.15, 0.2) is 59.3 Å². The fourth-order valence-electron chi connectivity index (χ4n) is 3.70. The van der Waals surface area contributed by atoms with Crippen molar-refractivity contribution >= 4 is 52.3 Å². The van der Waals surface area contributed by atoms with E-state index in [9.17, 15) is 14.4 Å². The Bertz CT molecular complexity index is 1070. The SMILES string of the molecule is CC1CCN(C(=O)c2cccc(NC3=C(Cl)C(=O)N(c4ccc(Cl)cc4)C3=O)c2)CC1. The van der Waals surface area contributed by atoms with Gasteiger partial charge in [0.1, 0.15) is 10.7 Å². The molecule has 0 unspecified atom stereocenters. The number of halogens is 2. The molecular weight excluding hydrogens is 437 g/mol. The van der Waals surface area contributed by atoms with Crippen molar-refractivity contribution in [3.05, 3.63) is 69.8 Å². The van der Waals surface area contributed by atoms with Crippen LogP contribution in [0.3, 0.4) is 0 Å². The van der Waals surface area contributed by atoms with Crippen LogP contribution < -0.4 is 10.2 Å². The van der Waals surface area contributed by atoms with Crippen LogP contribution in [0.5, 0.6) is 0 Å². The largest absolute Gasteiger partial charge is 0.350 e. The summed E-state index contributed by atoms with van der Waals surface area (Å²) in [5, 5.41) is 3.21. The van der Waals surface area contributed by atoms with Crippen molar-refractivity contribution in [1.82, 2.24) is 4.90 Å². The number of carbonyl (C=O) groups is 3. The molecule has 31 heavy (non-hydrogen) atoms. The van der Waals surface area contributed by atoms with E-state index in [-0.39, 0.29) is 16.6 Å². The summed E-state index contributed by atoms with van der Waals surface area (Å²) in [6, 6.07) is 13.2. The number of likely N-dealkylation sites (tertiary alicyclic amines) is 1. The van der Waals surface area contributed by atoms with Gasteiger partial charge in [-0.05, 0) is 61.2 Å². The quantitative estimate of drug-likeness (QED) is 0.678. The van der Waals surface area contributed by atoms with Crippen LogP contribution in [0.4, 0.5) is 11.4 Å². The zero-order valence-electron chi connectivity index (χ0n) is 16.9. The van der Waals surface area contributed by atoms with Gasteiger partial charge in [-0.25, -0.2) is 4.90 Å². The molecule has 2 aliphatic heterocycles. The molecule has 0 radical (unpaired) electrons. The lowest BCUT2D eigenvalue weighted by Crippen LogP contribution is -2.37. The van der Waals surface area contributed by atoms with Crippen LogP contribution in [-0.4, -0.2) is 35.7 Å². The summed E-state index contributed by atoms with van der Waals surface area (Å²) in [5.74, 6) is -0.613. The Morgan fingerprint density at radius 1 is 1.00 bits per heavy atom. The zero-order chi connectivity index (χ0) is 22.1. The second-order valence-electron chi connectivity index (χ2n) is 7.79. The van der Waals surface area contributed by atoms with Gasteiger partial charge in [0.25, 0.3) is 17.7 Å². The molecule has 2 aromatic rings. The van der Waals surface area contributed by atoms with Crippen molar-refractivity contribution < 1.29 is 14.4 Å². The van der Waals surface area contributed by atoms with Crippen LogP contribution >= 0.6 is 23.2 Å². The first-order chi connectivity index (χ1) is 14.8. The van der Waals surface area contributed by atoms with E-state index in [4.69, 9.17) is 23.2 Å². The second-order valence-corrected chi connectivity index (χ2v) is 8.61. The standard InChI is InChI=1S/C23H21Cl2N3O3/c1-14-9-11-27(12-10-14)21(29)15-3-2-4-17(13-15)26-20-19(25)22(30)28(23(20)31)18-7-5-16(24)6-8-18/h2-8,13-14,26H,9-12H2,1H3. The summed E-state index contributed by atoms with van der Waals surface area (Å²) in [5.41, 5.74) is 1.36. The van der Waals surface area contributed by atoms with Crippen molar-refractivity contribution in [2.24, 2.45) is 5.92 Å². The third kappa shape index (κ3) is 4.31. The van der Waals surface area contributed by atoms with Crippen molar-refractivity contribution in [2.75, 3.05) is 23.3 Å². The van der Waals surface area contributed by atoms with Crippen molar-refractivity contribution in [3.8, 4) is 0 Å². The molecule has 1 N–H and O–H groups in total. The normalized spacial score (nSPS) is 17.5. The molecule has 8 heteroatoms. The molecule has 2 aromatic carbocycles. The summed E-state index contributed by atoms with van der Waals surface area (Å²) >= 11 is 12.1. The van der Waals surface area contributed by atoms with E-state index in [1.54, 1.807) is 48.5 Å². The predicted molar refractivity (Wildman–Crippen MR) is 121 cm³/mol. The number of amides is 3. The molecular formula is C23H21Cl2N3O3. The first kappa shape index (κ1) is 21.4. The number of hydrogen-bond acceptors (Lipinski definition) is 4. The Hall–Kier alpha value is -2.83. The number of rotatable bonds is 4. The third-order valence-corrected chi connectivity index (χ3v) is 6.16. The molecule has 2 heterocycles. The maximum absolute atomic E-state index is 12.9. The summed E-state index contributed by atoms with van der Waals surface area (Å²) in [6.07, 6.45) is 1.98. The fraction of sp³-hybridized carbons (Fsp3) is 0.261. The van der Waals surface area contributed by atoms with Gasteiger partial charge in [-0.15, -0.1) is 0 Å². The number of nitrogens with zero attached hydrogens (tertiary/aromatic N) is 2. The third-order valence-electron chi connectivity index (χ3n) is 5.56. The van der Waals surface area contributed by atoms with Gasteiger partial charge in [0.2, 0.25) is 0 Å². The predicted octanol–water partition coefficient (Wildman–Crippen LogP) is 4.65. The van der Waals surface area contributed by atoms with Crippen LogP contribution in [-0.2, 0) is 9.59 Å². The number of nitrogens with one attached hydrogen (secondary N) is 1. The van der Waals surface area contributed by atoms with Gasteiger partial charge in [-0.2, -0.15) is 0 Å². The second kappa shape index (κ2) is 8.73. The lowest BCUT2D eigenvalue weighted by Gasteiger charge is -2.30. The van der Waals surface area contributed by atoms with E-state index >= 15 is 0 Å². The Morgan fingerprint density at radius 3 is 2.35 bits per heavy atom. The molecule has 0 aromatic heterocycles. The highest BCUT2D eigenvalue weighted by Gasteiger charge is 2.39. The molecule has 0 aliphatic carbocycles. The number of piperidine rings is 1. The van der Waals surface area contributed by atoms with E-state index in [0.29, 0.717) is 27.9 Å². The minimum Gasteiger partial charge on any atom is -0.350 e. The van der Waals surface area contributed by atoms with Crippen molar-refractivity contribution in [2.45, 2.75) is 19.8 Å². The molecule has 3 amide bonds. The van der Waals surface area contributed by atoms with Gasteiger partial charge in [0.15, 0.2) is 0 Å². The zero-order valence-corrected chi connectivity index (χ0v) is 18.4. The Labute approximate surface area is 190 Å². The molecule has 2 aliphatic rings. The van der Waals surface area contributed by atoms with Gasteiger partial charge in [-0.3, -0.25) is 14.4 Å². The van der Waals surface area contributed by atoms with Gasteiger partial charge >= 0.3 is 0 Å². The van der Waals surface area contributed by atoms with Crippen molar-refractivity contribution in [3.63, 3.8) is 0 Å². The summed E-state index contributed by atoms with van der Waals surface area (Å²) in [6.45, 7) is 3.66.